The minimum atomic E-state index is -0.254. The van der Waals surface area contributed by atoms with Crippen LogP contribution in [-0.4, -0.2) is 32.0 Å². The predicted molar refractivity (Wildman–Crippen MR) is 109 cm³/mol. The van der Waals surface area contributed by atoms with Gasteiger partial charge in [-0.25, -0.2) is 0 Å². The zero-order valence-corrected chi connectivity index (χ0v) is 16.5. The number of nitrogens with one attached hydrogen (secondary N) is 3. The third kappa shape index (κ3) is 5.34. The summed E-state index contributed by atoms with van der Waals surface area (Å²) in [4.78, 5) is 25.2. The number of para-hydroxylation sites is 1. The number of rotatable bonds is 7. The molecular formula is C21H23ClN3O3+. The molecule has 1 unspecified atom stereocenters. The summed E-state index contributed by atoms with van der Waals surface area (Å²) in [7, 11) is 1.80. The van der Waals surface area contributed by atoms with Crippen LogP contribution in [0.4, 0.5) is 5.69 Å². The van der Waals surface area contributed by atoms with Gasteiger partial charge in [0.15, 0.2) is 13.1 Å². The van der Waals surface area contributed by atoms with Crippen LogP contribution in [0, 0.1) is 0 Å². The summed E-state index contributed by atoms with van der Waals surface area (Å²) in [5.74, 6) is 0.385. The lowest BCUT2D eigenvalue weighted by molar-refractivity contribution is -0.862. The van der Waals surface area contributed by atoms with E-state index >= 15 is 0 Å². The Morgan fingerprint density at radius 2 is 1.75 bits per heavy atom. The molecule has 1 heterocycles. The van der Waals surface area contributed by atoms with Crippen molar-refractivity contribution in [2.24, 2.45) is 0 Å². The van der Waals surface area contributed by atoms with Crippen LogP contribution in [0.2, 0.25) is 5.02 Å². The lowest BCUT2D eigenvalue weighted by atomic mass is 10.2. The fraction of sp³-hybridized carbons (Fsp3) is 0.238. The maximum absolute atomic E-state index is 12.3. The molecule has 0 spiro atoms. The van der Waals surface area contributed by atoms with Gasteiger partial charge in [-0.1, -0.05) is 29.8 Å². The number of quaternary nitrogens is 1. The number of anilines is 1. The van der Waals surface area contributed by atoms with E-state index in [9.17, 15) is 9.59 Å². The first-order valence-electron chi connectivity index (χ1n) is 9.05. The molecule has 0 aliphatic heterocycles. The lowest BCUT2D eigenvalue weighted by Crippen LogP contribution is -3.11. The number of hydrogen-bond donors (Lipinski definition) is 3. The van der Waals surface area contributed by atoms with Gasteiger partial charge in [0.1, 0.15) is 11.3 Å². The number of fused-ring (bicyclic) bond motifs is 1. The van der Waals surface area contributed by atoms with Crippen LogP contribution in [-0.2, 0) is 9.59 Å². The third-order valence-electron chi connectivity index (χ3n) is 4.30. The highest BCUT2D eigenvalue weighted by molar-refractivity contribution is 6.30. The van der Waals surface area contributed by atoms with Crippen molar-refractivity contribution in [3.63, 3.8) is 0 Å². The van der Waals surface area contributed by atoms with Crippen molar-refractivity contribution in [3.8, 4) is 0 Å². The average Bonchev–Trinajstić information content (AvgIpc) is 3.07. The van der Waals surface area contributed by atoms with Gasteiger partial charge in [0.05, 0.1) is 13.1 Å². The predicted octanol–water partition coefficient (Wildman–Crippen LogP) is 2.42. The molecule has 0 fully saturated rings. The Morgan fingerprint density at radius 3 is 2.46 bits per heavy atom. The Balaban J connectivity index is 1.48. The van der Waals surface area contributed by atoms with Crippen LogP contribution in [0.15, 0.2) is 59.0 Å². The second-order valence-corrected chi connectivity index (χ2v) is 7.28. The Labute approximate surface area is 168 Å². The van der Waals surface area contributed by atoms with Gasteiger partial charge in [-0.3, -0.25) is 9.59 Å². The molecule has 3 aromatic rings. The molecule has 2 amide bonds. The van der Waals surface area contributed by atoms with E-state index in [-0.39, 0.29) is 30.9 Å². The molecule has 1 aromatic heterocycles. The summed E-state index contributed by atoms with van der Waals surface area (Å²) in [6, 6.07) is 16.3. The highest BCUT2D eigenvalue weighted by atomic mass is 35.5. The number of carbonyl (C=O) groups excluding carboxylic acids is 2. The Kier molecular flexibility index (Phi) is 6.34. The summed E-state index contributed by atoms with van der Waals surface area (Å²) in [6.07, 6.45) is 0. The Bertz CT molecular complexity index is 935. The molecule has 0 radical (unpaired) electrons. The maximum Gasteiger partial charge on any atom is 0.279 e. The minimum Gasteiger partial charge on any atom is -0.459 e. The monoisotopic (exact) mass is 400 g/mol. The summed E-state index contributed by atoms with van der Waals surface area (Å²) in [6.45, 7) is 2.23. The van der Waals surface area contributed by atoms with Gasteiger partial charge in [-0.05, 0) is 43.3 Å². The van der Waals surface area contributed by atoms with Crippen LogP contribution >= 0.6 is 11.6 Å². The van der Waals surface area contributed by atoms with Gasteiger partial charge in [0.2, 0.25) is 0 Å². The normalized spacial score (nSPS) is 13.1. The third-order valence-corrected chi connectivity index (χ3v) is 4.55. The Morgan fingerprint density at radius 1 is 1.07 bits per heavy atom. The zero-order chi connectivity index (χ0) is 20.1. The van der Waals surface area contributed by atoms with Crippen molar-refractivity contribution in [2.75, 3.05) is 25.5 Å². The Hall–Kier alpha value is -2.83. The fourth-order valence-corrected chi connectivity index (χ4v) is 3.05. The number of benzene rings is 2. The number of likely N-dealkylation sites (N-methyl/N-ethyl adjacent to an activating group) is 1. The van der Waals surface area contributed by atoms with Gasteiger partial charge in [-0.2, -0.15) is 0 Å². The van der Waals surface area contributed by atoms with Gasteiger partial charge in [0, 0.05) is 16.1 Å². The maximum atomic E-state index is 12.3. The van der Waals surface area contributed by atoms with Gasteiger partial charge in [0.25, 0.3) is 11.8 Å². The summed E-state index contributed by atoms with van der Waals surface area (Å²) < 4.78 is 5.78. The highest BCUT2D eigenvalue weighted by Crippen LogP contribution is 2.23. The van der Waals surface area contributed by atoms with Crippen molar-refractivity contribution in [1.29, 1.82) is 0 Å². The quantitative estimate of drug-likeness (QED) is 0.570. The number of furan rings is 1. The smallest absolute Gasteiger partial charge is 0.279 e. The van der Waals surface area contributed by atoms with E-state index in [0.29, 0.717) is 16.5 Å². The fourth-order valence-electron chi connectivity index (χ4n) is 2.93. The number of hydrogen-bond acceptors (Lipinski definition) is 3. The van der Waals surface area contributed by atoms with Crippen LogP contribution in [0.1, 0.15) is 18.7 Å². The second-order valence-electron chi connectivity index (χ2n) is 6.84. The van der Waals surface area contributed by atoms with Crippen molar-refractivity contribution in [1.82, 2.24) is 5.32 Å². The van der Waals surface area contributed by atoms with E-state index in [1.807, 2.05) is 37.3 Å². The van der Waals surface area contributed by atoms with Gasteiger partial charge < -0.3 is 20.0 Å². The lowest BCUT2D eigenvalue weighted by Gasteiger charge is -2.16. The van der Waals surface area contributed by atoms with Crippen molar-refractivity contribution in [3.05, 3.63) is 65.4 Å². The topological polar surface area (TPSA) is 75.8 Å². The minimum absolute atomic E-state index is 0.148. The largest absolute Gasteiger partial charge is 0.459 e. The second kappa shape index (κ2) is 8.91. The van der Waals surface area contributed by atoms with Crippen LogP contribution in [0.3, 0.4) is 0 Å². The van der Waals surface area contributed by atoms with Crippen molar-refractivity contribution in [2.45, 2.75) is 13.0 Å². The van der Waals surface area contributed by atoms with Crippen molar-refractivity contribution >= 4 is 40.1 Å². The molecule has 0 saturated carbocycles. The van der Waals surface area contributed by atoms with E-state index in [1.54, 1.807) is 31.3 Å². The number of carbonyl (C=O) groups is 2. The number of halogens is 1. The standard InChI is InChI=1S/C21H22ClN3O3/c1-14(19-11-15-5-3-4-6-18(15)28-19)23-20(26)12-25(2)13-21(27)24-17-9-7-16(22)8-10-17/h3-11,14H,12-13H2,1-2H3,(H,23,26)(H,24,27)/p+1/t14-/m1/s1. The van der Waals surface area contributed by atoms with Crippen LogP contribution < -0.4 is 15.5 Å². The van der Waals surface area contributed by atoms with E-state index in [2.05, 4.69) is 10.6 Å². The van der Waals surface area contributed by atoms with E-state index in [4.69, 9.17) is 16.0 Å². The molecular weight excluding hydrogens is 378 g/mol. The molecule has 28 heavy (non-hydrogen) atoms. The van der Waals surface area contributed by atoms with E-state index < -0.39 is 0 Å². The zero-order valence-electron chi connectivity index (χ0n) is 15.8. The average molecular weight is 401 g/mol. The molecule has 0 aliphatic rings. The van der Waals surface area contributed by atoms with E-state index in [1.165, 1.54) is 0 Å². The first-order chi connectivity index (χ1) is 13.4. The molecule has 6 nitrogen and oxygen atoms in total. The number of amides is 2. The first-order valence-corrected chi connectivity index (χ1v) is 9.43. The molecule has 2 aromatic carbocycles. The molecule has 146 valence electrons. The molecule has 2 atom stereocenters. The van der Waals surface area contributed by atoms with Crippen molar-refractivity contribution < 1.29 is 18.9 Å². The first kappa shape index (κ1) is 19.9. The van der Waals surface area contributed by atoms with Crippen LogP contribution in [0.25, 0.3) is 11.0 Å². The molecule has 3 N–H and O–H groups in total. The molecule has 0 saturated heterocycles. The van der Waals surface area contributed by atoms with Gasteiger partial charge in [-0.15, -0.1) is 0 Å². The summed E-state index contributed by atoms with van der Waals surface area (Å²) in [5, 5.41) is 7.31. The molecule has 0 aliphatic carbocycles. The molecule has 7 heteroatoms. The summed E-state index contributed by atoms with van der Waals surface area (Å²) in [5.41, 5.74) is 1.46. The molecule has 3 rings (SSSR count). The summed E-state index contributed by atoms with van der Waals surface area (Å²) >= 11 is 5.83. The van der Waals surface area contributed by atoms with E-state index in [0.717, 1.165) is 15.9 Å². The van der Waals surface area contributed by atoms with Gasteiger partial charge >= 0.3 is 0 Å². The van der Waals surface area contributed by atoms with Crippen LogP contribution in [0.5, 0.6) is 0 Å². The highest BCUT2D eigenvalue weighted by Gasteiger charge is 2.18. The molecule has 0 bridgehead atoms. The SMILES string of the molecule is C[C@@H](NC(=O)C[NH+](C)CC(=O)Nc1ccc(Cl)cc1)c1cc2ccccc2o1.